The number of hydrogen-bond donors (Lipinski definition) is 0. The largest absolute Gasteiger partial charge is 0.295 e. The first-order valence-electron chi connectivity index (χ1n) is 8.81. The van der Waals surface area contributed by atoms with E-state index in [1.165, 1.54) is 17.2 Å². The van der Waals surface area contributed by atoms with Crippen molar-refractivity contribution in [1.29, 1.82) is 0 Å². The van der Waals surface area contributed by atoms with Gasteiger partial charge in [-0.3, -0.25) is 0 Å². The molecule has 0 saturated heterocycles. The molecule has 0 radical (unpaired) electrons. The monoisotopic (exact) mass is 345 g/mol. The van der Waals surface area contributed by atoms with Gasteiger partial charge >= 0.3 is 0 Å². The molecule has 0 N–H and O–H groups in total. The average molecular weight is 345 g/mol. The number of benzene rings is 3. The Kier molecular flexibility index (Phi) is 3.87. The van der Waals surface area contributed by atoms with E-state index in [1.807, 2.05) is 26.1 Å². The van der Waals surface area contributed by atoms with Crippen LogP contribution in [-0.4, -0.2) is 4.57 Å². The summed E-state index contributed by atoms with van der Waals surface area (Å²) in [7, 11) is 2.05. The van der Waals surface area contributed by atoms with Crippen LogP contribution in [0.2, 0.25) is 0 Å². The summed E-state index contributed by atoms with van der Waals surface area (Å²) in [5.41, 5.74) is 7.75. The van der Waals surface area contributed by atoms with Gasteiger partial charge in [-0.25, -0.2) is 8.96 Å². The fourth-order valence-electron chi connectivity index (χ4n) is 3.84. The van der Waals surface area contributed by atoms with Crippen molar-refractivity contribution in [3.8, 4) is 17.1 Å². The molecule has 0 aliphatic heterocycles. The van der Waals surface area contributed by atoms with E-state index in [2.05, 4.69) is 59.4 Å². The summed E-state index contributed by atoms with van der Waals surface area (Å²) in [6, 6.07) is 19.6. The lowest BCUT2D eigenvalue weighted by Gasteiger charge is -2.10. The molecule has 130 valence electrons. The smallest absolute Gasteiger partial charge is 0.225 e. The van der Waals surface area contributed by atoms with Crippen LogP contribution in [0.15, 0.2) is 60.7 Å². The van der Waals surface area contributed by atoms with Crippen LogP contribution in [0.5, 0.6) is 0 Å². The number of fused-ring (bicyclic) bond motifs is 1. The van der Waals surface area contributed by atoms with Crippen LogP contribution in [0, 0.1) is 26.6 Å². The molecule has 1 heterocycles. The highest BCUT2D eigenvalue weighted by molar-refractivity contribution is 5.80. The molecule has 0 aliphatic carbocycles. The summed E-state index contributed by atoms with van der Waals surface area (Å²) >= 11 is 0. The summed E-state index contributed by atoms with van der Waals surface area (Å²) < 4.78 is 18.5. The minimum absolute atomic E-state index is 0.219. The molecule has 2 nitrogen and oxygen atoms in total. The van der Waals surface area contributed by atoms with Gasteiger partial charge in [0.25, 0.3) is 5.82 Å². The molecule has 26 heavy (non-hydrogen) atoms. The van der Waals surface area contributed by atoms with Crippen LogP contribution in [0.25, 0.3) is 28.1 Å². The van der Waals surface area contributed by atoms with E-state index in [4.69, 9.17) is 0 Å². The number of imidazole rings is 1. The van der Waals surface area contributed by atoms with Crippen molar-refractivity contribution in [2.45, 2.75) is 20.8 Å². The minimum atomic E-state index is -0.219. The number of aryl methyl sites for hydroxylation is 4. The number of halogens is 1. The molecule has 0 fully saturated rings. The summed E-state index contributed by atoms with van der Waals surface area (Å²) in [5, 5.41) is 0. The molecule has 0 spiro atoms. The molecule has 3 aromatic carbocycles. The lowest BCUT2D eigenvalue weighted by molar-refractivity contribution is -0.633. The standard InChI is InChI=1S/C23H22FN2/c1-15-12-13-18(24)14-19(15)23-25(4)20-10-5-6-11-21(20)26(23)22-16(2)8-7-9-17(22)3/h5-14H,1-4H3/q+1. The second-order valence-electron chi connectivity index (χ2n) is 6.91. The Morgan fingerprint density at radius 3 is 2.23 bits per heavy atom. The fourth-order valence-corrected chi connectivity index (χ4v) is 3.84. The zero-order valence-electron chi connectivity index (χ0n) is 15.5. The maximum Gasteiger partial charge on any atom is 0.295 e. The molecule has 4 rings (SSSR count). The second-order valence-corrected chi connectivity index (χ2v) is 6.91. The molecule has 4 aromatic rings. The van der Waals surface area contributed by atoms with Crippen molar-refractivity contribution in [3.63, 3.8) is 0 Å². The van der Waals surface area contributed by atoms with Crippen LogP contribution in [0.3, 0.4) is 0 Å². The molecule has 0 bridgehead atoms. The molecular weight excluding hydrogens is 323 g/mol. The third kappa shape index (κ3) is 2.43. The van der Waals surface area contributed by atoms with Crippen LogP contribution < -0.4 is 4.57 Å². The van der Waals surface area contributed by atoms with Crippen molar-refractivity contribution in [2.24, 2.45) is 7.05 Å². The Hall–Kier alpha value is -2.94. The maximum absolute atomic E-state index is 14.1. The highest BCUT2D eigenvalue weighted by Crippen LogP contribution is 2.32. The van der Waals surface area contributed by atoms with Crippen molar-refractivity contribution in [3.05, 3.63) is 83.2 Å². The molecule has 3 heteroatoms. The van der Waals surface area contributed by atoms with Crippen molar-refractivity contribution < 1.29 is 8.96 Å². The number of rotatable bonds is 2. The Bertz CT molecular complexity index is 1120. The van der Waals surface area contributed by atoms with Crippen molar-refractivity contribution in [1.82, 2.24) is 4.57 Å². The fraction of sp³-hybridized carbons (Fsp3) is 0.174. The zero-order chi connectivity index (χ0) is 18.4. The van der Waals surface area contributed by atoms with Gasteiger partial charge in [-0.05, 0) is 61.7 Å². The molecule has 0 aliphatic rings. The van der Waals surface area contributed by atoms with Crippen LogP contribution in [0.1, 0.15) is 16.7 Å². The third-order valence-electron chi connectivity index (χ3n) is 5.12. The van der Waals surface area contributed by atoms with E-state index in [0.717, 1.165) is 33.7 Å². The van der Waals surface area contributed by atoms with E-state index in [9.17, 15) is 4.39 Å². The van der Waals surface area contributed by atoms with E-state index in [1.54, 1.807) is 6.07 Å². The van der Waals surface area contributed by atoms with E-state index >= 15 is 0 Å². The van der Waals surface area contributed by atoms with Gasteiger partial charge in [0.1, 0.15) is 11.5 Å². The normalized spacial score (nSPS) is 11.3. The Labute approximate surface area is 153 Å². The van der Waals surface area contributed by atoms with Gasteiger partial charge in [0.2, 0.25) is 0 Å². The average Bonchev–Trinajstić information content (AvgIpc) is 2.90. The van der Waals surface area contributed by atoms with Crippen LogP contribution in [-0.2, 0) is 7.05 Å². The summed E-state index contributed by atoms with van der Waals surface area (Å²) in [6.07, 6.45) is 0. The second kappa shape index (κ2) is 6.10. The highest BCUT2D eigenvalue weighted by Gasteiger charge is 2.28. The number of hydrogen-bond acceptors (Lipinski definition) is 0. The number of aromatic nitrogens is 2. The predicted octanol–water partition coefficient (Wildman–Crippen LogP) is 5.19. The first-order valence-corrected chi connectivity index (χ1v) is 8.81. The van der Waals surface area contributed by atoms with Gasteiger partial charge in [-0.1, -0.05) is 36.4 Å². The number of para-hydroxylation sites is 3. The molecule has 0 saturated carbocycles. The third-order valence-corrected chi connectivity index (χ3v) is 5.12. The Morgan fingerprint density at radius 1 is 0.808 bits per heavy atom. The van der Waals surface area contributed by atoms with Gasteiger partial charge in [0.05, 0.1) is 12.6 Å². The topological polar surface area (TPSA) is 8.81 Å². The summed E-state index contributed by atoms with van der Waals surface area (Å²) in [5.74, 6) is 0.768. The van der Waals surface area contributed by atoms with Gasteiger partial charge in [-0.15, -0.1) is 0 Å². The van der Waals surface area contributed by atoms with E-state index in [-0.39, 0.29) is 5.82 Å². The van der Waals surface area contributed by atoms with Crippen LogP contribution >= 0.6 is 0 Å². The summed E-state index contributed by atoms with van der Waals surface area (Å²) in [6.45, 7) is 6.28. The zero-order valence-corrected chi connectivity index (χ0v) is 15.5. The van der Waals surface area contributed by atoms with Crippen molar-refractivity contribution in [2.75, 3.05) is 0 Å². The molecule has 0 amide bonds. The predicted molar refractivity (Wildman–Crippen MR) is 104 cm³/mol. The molecule has 1 aromatic heterocycles. The quantitative estimate of drug-likeness (QED) is 0.442. The van der Waals surface area contributed by atoms with Gasteiger partial charge in [-0.2, -0.15) is 4.57 Å². The van der Waals surface area contributed by atoms with E-state index in [0.29, 0.717) is 0 Å². The molecule has 0 atom stereocenters. The SMILES string of the molecule is Cc1ccc(F)cc1-c1n(-c2c(C)cccc2C)c2ccccc2[n+]1C. The van der Waals surface area contributed by atoms with Gasteiger partial charge in [0, 0.05) is 0 Å². The van der Waals surface area contributed by atoms with Crippen molar-refractivity contribution >= 4 is 11.0 Å². The first-order chi connectivity index (χ1) is 12.5. The lowest BCUT2D eigenvalue weighted by Crippen LogP contribution is -2.30. The number of nitrogens with zero attached hydrogens (tertiary/aromatic N) is 2. The summed E-state index contributed by atoms with van der Waals surface area (Å²) in [4.78, 5) is 0. The molecule has 0 unspecified atom stereocenters. The highest BCUT2D eigenvalue weighted by atomic mass is 19.1. The van der Waals surface area contributed by atoms with E-state index < -0.39 is 0 Å². The lowest BCUT2D eigenvalue weighted by atomic mass is 10.1. The minimum Gasteiger partial charge on any atom is -0.225 e. The van der Waals surface area contributed by atoms with Crippen LogP contribution in [0.4, 0.5) is 4.39 Å². The molecular formula is C23H22FN2+. The Balaban J connectivity index is 2.21. The maximum atomic E-state index is 14.1. The van der Waals surface area contributed by atoms with Gasteiger partial charge < -0.3 is 0 Å². The Morgan fingerprint density at radius 2 is 1.50 bits per heavy atom. The van der Waals surface area contributed by atoms with Gasteiger partial charge in [0.15, 0.2) is 11.0 Å². The first kappa shape index (κ1) is 16.5.